The molecule has 2 aromatic carbocycles. The minimum Gasteiger partial charge on any atom is -0.280 e. The van der Waals surface area contributed by atoms with Crippen LogP contribution in [0.3, 0.4) is 0 Å². The van der Waals surface area contributed by atoms with Gasteiger partial charge >= 0.3 is 0 Å². The largest absolute Gasteiger partial charge is 0.280 e. The van der Waals surface area contributed by atoms with Crippen LogP contribution in [0.15, 0.2) is 35.5 Å². The fourth-order valence-electron chi connectivity index (χ4n) is 3.10. The highest BCUT2D eigenvalue weighted by Crippen LogP contribution is 2.31. The molecule has 3 aromatic rings. The zero-order valence-corrected chi connectivity index (χ0v) is 15.8. The molecular weight excluding hydrogens is 334 g/mol. The second kappa shape index (κ2) is 6.11. The van der Waals surface area contributed by atoms with Gasteiger partial charge < -0.3 is 0 Å². The first-order valence-electron chi connectivity index (χ1n) is 8.03. The third kappa shape index (κ3) is 2.98. The number of nitrogens with zero attached hydrogens (tertiary/aromatic N) is 2. The van der Waals surface area contributed by atoms with Crippen molar-refractivity contribution in [1.29, 1.82) is 0 Å². The van der Waals surface area contributed by atoms with Gasteiger partial charge in [-0.1, -0.05) is 0 Å². The molecule has 5 nitrogen and oxygen atoms in total. The van der Waals surface area contributed by atoms with Crippen LogP contribution in [0.4, 0.5) is 5.69 Å². The standard InChI is InChI=1S/C19H21N3O2S/c1-11-12(2)14(4)19(15(5)13(11)3)25(23,24)22-16-6-7-17-18(10-16)21-9-8-20-17/h6-10,22H,1-5H3. The molecule has 0 saturated carbocycles. The van der Waals surface area contributed by atoms with Crippen LogP contribution >= 0.6 is 0 Å². The van der Waals surface area contributed by atoms with Crippen molar-refractivity contribution in [2.45, 2.75) is 39.5 Å². The average molecular weight is 355 g/mol. The summed E-state index contributed by atoms with van der Waals surface area (Å²) in [7, 11) is -3.70. The normalized spacial score (nSPS) is 11.7. The molecule has 0 radical (unpaired) electrons. The molecular formula is C19H21N3O2S. The lowest BCUT2D eigenvalue weighted by atomic mass is 9.95. The average Bonchev–Trinajstić information content (AvgIpc) is 2.57. The van der Waals surface area contributed by atoms with Crippen molar-refractivity contribution in [3.8, 4) is 0 Å². The number of rotatable bonds is 3. The highest BCUT2D eigenvalue weighted by Gasteiger charge is 2.23. The van der Waals surface area contributed by atoms with Crippen molar-refractivity contribution in [3.05, 3.63) is 58.4 Å². The summed E-state index contributed by atoms with van der Waals surface area (Å²) in [5.74, 6) is 0. The van der Waals surface area contributed by atoms with E-state index in [0.29, 0.717) is 16.1 Å². The lowest BCUT2D eigenvalue weighted by molar-refractivity contribution is 0.599. The van der Waals surface area contributed by atoms with E-state index in [1.807, 2.05) is 34.6 Å². The Kier molecular flexibility index (Phi) is 4.24. The van der Waals surface area contributed by atoms with Gasteiger partial charge in [0.1, 0.15) is 0 Å². The second-order valence-corrected chi connectivity index (χ2v) is 7.94. The van der Waals surface area contributed by atoms with Crippen molar-refractivity contribution in [3.63, 3.8) is 0 Å². The summed E-state index contributed by atoms with van der Waals surface area (Å²) >= 11 is 0. The fourth-order valence-corrected chi connectivity index (χ4v) is 4.75. The molecule has 0 saturated heterocycles. The van der Waals surface area contributed by atoms with Crippen molar-refractivity contribution in [1.82, 2.24) is 9.97 Å². The van der Waals surface area contributed by atoms with Crippen LogP contribution in [0.25, 0.3) is 11.0 Å². The molecule has 0 unspecified atom stereocenters. The van der Waals surface area contributed by atoms with Crippen LogP contribution in [0.1, 0.15) is 27.8 Å². The second-order valence-electron chi connectivity index (χ2n) is 6.32. The lowest BCUT2D eigenvalue weighted by Gasteiger charge is -2.19. The summed E-state index contributed by atoms with van der Waals surface area (Å²) in [5.41, 5.74) is 6.56. The topological polar surface area (TPSA) is 72.0 Å². The first-order valence-corrected chi connectivity index (χ1v) is 9.51. The summed E-state index contributed by atoms with van der Waals surface area (Å²) in [4.78, 5) is 8.77. The van der Waals surface area contributed by atoms with Crippen LogP contribution in [-0.4, -0.2) is 18.4 Å². The van der Waals surface area contributed by atoms with Gasteiger partial charge in [-0.2, -0.15) is 0 Å². The Hall–Kier alpha value is -2.47. The molecule has 0 aliphatic carbocycles. The first kappa shape index (κ1) is 17.4. The molecule has 0 atom stereocenters. The number of hydrogen-bond donors (Lipinski definition) is 1. The van der Waals surface area contributed by atoms with Gasteiger partial charge in [-0.25, -0.2) is 8.42 Å². The maximum Gasteiger partial charge on any atom is 0.262 e. The zero-order valence-electron chi connectivity index (χ0n) is 15.0. The van der Waals surface area contributed by atoms with Crippen LogP contribution in [-0.2, 0) is 10.0 Å². The molecule has 1 N–H and O–H groups in total. The lowest BCUT2D eigenvalue weighted by Crippen LogP contribution is -2.17. The Morgan fingerprint density at radius 1 is 0.760 bits per heavy atom. The summed E-state index contributed by atoms with van der Waals surface area (Å²) in [6.07, 6.45) is 3.19. The van der Waals surface area contributed by atoms with Gasteiger partial charge in [-0.3, -0.25) is 14.7 Å². The molecule has 0 bridgehead atoms. The van der Waals surface area contributed by atoms with E-state index in [9.17, 15) is 8.42 Å². The van der Waals surface area contributed by atoms with E-state index in [0.717, 1.165) is 33.3 Å². The van der Waals surface area contributed by atoms with E-state index in [4.69, 9.17) is 0 Å². The molecule has 130 valence electrons. The predicted molar refractivity (Wildman–Crippen MR) is 100 cm³/mol. The molecule has 0 spiro atoms. The van der Waals surface area contributed by atoms with Gasteiger partial charge in [0.25, 0.3) is 10.0 Å². The number of sulfonamides is 1. The van der Waals surface area contributed by atoms with Crippen molar-refractivity contribution in [2.24, 2.45) is 0 Å². The Morgan fingerprint density at radius 2 is 1.28 bits per heavy atom. The summed E-state index contributed by atoms with van der Waals surface area (Å²) in [6.45, 7) is 9.66. The minimum absolute atomic E-state index is 0.354. The molecule has 25 heavy (non-hydrogen) atoms. The van der Waals surface area contributed by atoms with E-state index >= 15 is 0 Å². The molecule has 0 aliphatic rings. The van der Waals surface area contributed by atoms with Crippen molar-refractivity contribution >= 4 is 26.7 Å². The van der Waals surface area contributed by atoms with Crippen molar-refractivity contribution in [2.75, 3.05) is 4.72 Å². The predicted octanol–water partition coefficient (Wildman–Crippen LogP) is 3.97. The van der Waals surface area contributed by atoms with Gasteiger partial charge in [-0.05, 0) is 80.6 Å². The number of aromatic nitrogens is 2. The smallest absolute Gasteiger partial charge is 0.262 e. The highest BCUT2D eigenvalue weighted by atomic mass is 32.2. The fraction of sp³-hybridized carbons (Fsp3) is 0.263. The number of fused-ring (bicyclic) bond motifs is 1. The van der Waals surface area contributed by atoms with Gasteiger partial charge in [0.15, 0.2) is 0 Å². The summed E-state index contributed by atoms with van der Waals surface area (Å²) in [5, 5.41) is 0. The number of nitrogens with one attached hydrogen (secondary N) is 1. The Balaban J connectivity index is 2.11. The molecule has 0 aliphatic heterocycles. The van der Waals surface area contributed by atoms with E-state index in [1.54, 1.807) is 30.6 Å². The van der Waals surface area contributed by atoms with Gasteiger partial charge in [0.2, 0.25) is 0 Å². The molecule has 0 fully saturated rings. The SMILES string of the molecule is Cc1c(C)c(C)c(S(=O)(=O)Nc2ccc3nccnc3c2)c(C)c1C. The number of hydrogen-bond acceptors (Lipinski definition) is 4. The summed E-state index contributed by atoms with van der Waals surface area (Å²) < 4.78 is 28.8. The van der Waals surface area contributed by atoms with Crippen LogP contribution in [0.5, 0.6) is 0 Å². The van der Waals surface area contributed by atoms with E-state index < -0.39 is 10.0 Å². The van der Waals surface area contributed by atoms with Crippen LogP contribution in [0, 0.1) is 34.6 Å². The van der Waals surface area contributed by atoms with Crippen molar-refractivity contribution < 1.29 is 8.42 Å². The highest BCUT2D eigenvalue weighted by molar-refractivity contribution is 7.92. The Morgan fingerprint density at radius 3 is 1.88 bits per heavy atom. The van der Waals surface area contributed by atoms with Gasteiger partial charge in [0.05, 0.1) is 21.6 Å². The molecule has 1 heterocycles. The quantitative estimate of drug-likeness (QED) is 0.771. The van der Waals surface area contributed by atoms with E-state index in [1.165, 1.54) is 0 Å². The monoisotopic (exact) mass is 355 g/mol. The van der Waals surface area contributed by atoms with Crippen LogP contribution in [0.2, 0.25) is 0 Å². The molecule has 3 rings (SSSR count). The van der Waals surface area contributed by atoms with Gasteiger partial charge in [0, 0.05) is 12.4 Å². The molecule has 6 heteroatoms. The number of benzene rings is 2. The molecule has 0 amide bonds. The maximum atomic E-state index is 13.0. The van der Waals surface area contributed by atoms with E-state index in [-0.39, 0.29) is 0 Å². The summed E-state index contributed by atoms with van der Waals surface area (Å²) in [6, 6.07) is 5.15. The Bertz CT molecular complexity index is 1060. The maximum absolute atomic E-state index is 13.0. The number of anilines is 1. The zero-order chi connectivity index (χ0) is 18.4. The van der Waals surface area contributed by atoms with E-state index in [2.05, 4.69) is 14.7 Å². The third-order valence-electron chi connectivity index (χ3n) is 4.92. The Labute approximate surface area is 148 Å². The molecule has 1 aromatic heterocycles. The minimum atomic E-state index is -3.70. The third-order valence-corrected chi connectivity index (χ3v) is 6.58. The van der Waals surface area contributed by atoms with Crippen LogP contribution < -0.4 is 4.72 Å². The first-order chi connectivity index (χ1) is 11.7. The van der Waals surface area contributed by atoms with Gasteiger partial charge in [-0.15, -0.1) is 0 Å².